The van der Waals surface area contributed by atoms with Gasteiger partial charge in [-0.25, -0.2) is 0 Å². The van der Waals surface area contributed by atoms with Crippen molar-refractivity contribution in [3.8, 4) is 0 Å². The van der Waals surface area contributed by atoms with Crippen molar-refractivity contribution in [3.63, 3.8) is 0 Å². The van der Waals surface area contributed by atoms with E-state index in [0.29, 0.717) is 0 Å². The van der Waals surface area contributed by atoms with Crippen molar-refractivity contribution < 1.29 is 0 Å². The van der Waals surface area contributed by atoms with Crippen LogP contribution in [0.2, 0.25) is 0 Å². The molecule has 3 nitrogen and oxygen atoms in total. The van der Waals surface area contributed by atoms with Crippen LogP contribution >= 0.6 is 0 Å². The number of aryl methyl sites for hydroxylation is 1. The Morgan fingerprint density at radius 3 is 2.43 bits per heavy atom. The largest absolute Gasteiger partial charge is 0.381 e. The Kier molecular flexibility index (Phi) is 4.61. The number of benzene rings is 1. The van der Waals surface area contributed by atoms with Gasteiger partial charge < -0.3 is 9.88 Å². The van der Waals surface area contributed by atoms with Gasteiger partial charge in [-0.3, -0.25) is 4.90 Å². The summed E-state index contributed by atoms with van der Waals surface area (Å²) in [7, 11) is 0. The van der Waals surface area contributed by atoms with Crippen molar-refractivity contribution in [2.75, 3.05) is 18.4 Å². The van der Waals surface area contributed by atoms with Gasteiger partial charge in [-0.2, -0.15) is 0 Å². The van der Waals surface area contributed by atoms with Crippen molar-refractivity contribution in [1.82, 2.24) is 9.47 Å². The monoisotopic (exact) mass is 283 g/mol. The van der Waals surface area contributed by atoms with Crippen LogP contribution in [0.1, 0.15) is 30.9 Å². The Morgan fingerprint density at radius 1 is 1.00 bits per heavy atom. The van der Waals surface area contributed by atoms with Crippen LogP contribution in [-0.4, -0.2) is 22.6 Å². The molecule has 1 fully saturated rings. The summed E-state index contributed by atoms with van der Waals surface area (Å²) in [5, 5.41) is 3.49. The standard InChI is InChI=1S/C18H25N3/c1-2-20-12-9-17(15-20)13-19-18-7-5-16(6-8-18)14-21-10-3-4-11-21/h5-9,12,15,19H,2-4,10-11,13-14H2,1H3. The molecule has 21 heavy (non-hydrogen) atoms. The highest BCUT2D eigenvalue weighted by molar-refractivity contribution is 5.45. The number of nitrogens with zero attached hydrogens (tertiary/aromatic N) is 2. The molecule has 1 N–H and O–H groups in total. The number of anilines is 1. The molecule has 112 valence electrons. The second-order valence-electron chi connectivity index (χ2n) is 5.88. The SMILES string of the molecule is CCn1ccc(CNc2ccc(CN3CCCC3)cc2)c1. The van der Waals surface area contributed by atoms with Gasteiger partial charge in [-0.05, 0) is 62.2 Å². The van der Waals surface area contributed by atoms with E-state index in [0.717, 1.165) is 19.6 Å². The number of hydrogen-bond donors (Lipinski definition) is 1. The quantitative estimate of drug-likeness (QED) is 0.872. The molecule has 0 amide bonds. The van der Waals surface area contributed by atoms with Crippen LogP contribution in [0.15, 0.2) is 42.7 Å². The van der Waals surface area contributed by atoms with Crippen molar-refractivity contribution in [2.45, 2.75) is 39.4 Å². The number of rotatable bonds is 6. The zero-order valence-electron chi connectivity index (χ0n) is 12.9. The third kappa shape index (κ3) is 3.88. The zero-order valence-corrected chi connectivity index (χ0v) is 12.9. The smallest absolute Gasteiger partial charge is 0.0415 e. The molecule has 1 aliphatic rings. The lowest BCUT2D eigenvalue weighted by Gasteiger charge is -2.15. The number of aromatic nitrogens is 1. The highest BCUT2D eigenvalue weighted by Gasteiger charge is 2.11. The van der Waals surface area contributed by atoms with Crippen molar-refractivity contribution in [1.29, 1.82) is 0 Å². The first-order valence-electron chi connectivity index (χ1n) is 8.03. The number of hydrogen-bond acceptors (Lipinski definition) is 2. The maximum Gasteiger partial charge on any atom is 0.0415 e. The maximum atomic E-state index is 3.49. The molecule has 0 saturated carbocycles. The third-order valence-corrected chi connectivity index (χ3v) is 4.23. The van der Waals surface area contributed by atoms with Crippen LogP contribution in [0.5, 0.6) is 0 Å². The van der Waals surface area contributed by atoms with Crippen LogP contribution < -0.4 is 5.32 Å². The van der Waals surface area contributed by atoms with Gasteiger partial charge in [-0.15, -0.1) is 0 Å². The van der Waals surface area contributed by atoms with Crippen LogP contribution in [0, 0.1) is 0 Å². The fraction of sp³-hybridized carbons (Fsp3) is 0.444. The summed E-state index contributed by atoms with van der Waals surface area (Å²) >= 11 is 0. The van der Waals surface area contributed by atoms with Gasteiger partial charge in [0, 0.05) is 37.7 Å². The summed E-state index contributed by atoms with van der Waals surface area (Å²) in [5.74, 6) is 0. The predicted octanol–water partition coefficient (Wildman–Crippen LogP) is 3.72. The highest BCUT2D eigenvalue weighted by Crippen LogP contribution is 2.16. The van der Waals surface area contributed by atoms with E-state index in [1.807, 2.05) is 0 Å². The molecule has 0 radical (unpaired) electrons. The summed E-state index contributed by atoms with van der Waals surface area (Å²) < 4.78 is 2.20. The summed E-state index contributed by atoms with van der Waals surface area (Å²) in [5.41, 5.74) is 3.95. The van der Waals surface area contributed by atoms with Gasteiger partial charge >= 0.3 is 0 Å². The van der Waals surface area contributed by atoms with Gasteiger partial charge in [0.1, 0.15) is 0 Å². The van der Waals surface area contributed by atoms with Gasteiger partial charge in [0.2, 0.25) is 0 Å². The van der Waals surface area contributed by atoms with Gasteiger partial charge in [-0.1, -0.05) is 12.1 Å². The number of likely N-dealkylation sites (tertiary alicyclic amines) is 1. The molecule has 0 unspecified atom stereocenters. The van der Waals surface area contributed by atoms with Crippen molar-refractivity contribution in [3.05, 3.63) is 53.9 Å². The first kappa shape index (κ1) is 14.2. The first-order chi connectivity index (χ1) is 10.3. The van der Waals surface area contributed by atoms with E-state index in [2.05, 4.69) is 64.4 Å². The van der Waals surface area contributed by atoms with Crippen LogP contribution in [-0.2, 0) is 19.6 Å². The van der Waals surface area contributed by atoms with Crippen LogP contribution in [0.25, 0.3) is 0 Å². The fourth-order valence-corrected chi connectivity index (χ4v) is 2.92. The molecule has 1 aromatic carbocycles. The molecular formula is C18H25N3. The molecule has 3 rings (SSSR count). The molecule has 1 aromatic heterocycles. The third-order valence-electron chi connectivity index (χ3n) is 4.23. The van der Waals surface area contributed by atoms with Gasteiger partial charge in [0.15, 0.2) is 0 Å². The van der Waals surface area contributed by atoms with E-state index < -0.39 is 0 Å². The molecular weight excluding hydrogens is 258 g/mol. The van der Waals surface area contributed by atoms with Crippen molar-refractivity contribution >= 4 is 5.69 Å². The summed E-state index contributed by atoms with van der Waals surface area (Å²) in [6.45, 7) is 7.70. The van der Waals surface area contributed by atoms with Crippen molar-refractivity contribution in [2.24, 2.45) is 0 Å². The topological polar surface area (TPSA) is 20.2 Å². The molecule has 0 spiro atoms. The van der Waals surface area contributed by atoms with Gasteiger partial charge in [0.25, 0.3) is 0 Å². The molecule has 2 aromatic rings. The minimum absolute atomic E-state index is 0.887. The molecule has 1 saturated heterocycles. The summed E-state index contributed by atoms with van der Waals surface area (Å²) in [6.07, 6.45) is 7.05. The van der Waals surface area contributed by atoms with E-state index in [4.69, 9.17) is 0 Å². The Bertz CT molecular complexity index is 550. The minimum Gasteiger partial charge on any atom is -0.381 e. The first-order valence-corrected chi connectivity index (χ1v) is 8.03. The second-order valence-corrected chi connectivity index (χ2v) is 5.88. The minimum atomic E-state index is 0.887. The average molecular weight is 283 g/mol. The lowest BCUT2D eigenvalue weighted by atomic mass is 10.2. The Labute approximate surface area is 127 Å². The average Bonchev–Trinajstić information content (AvgIpc) is 3.18. The van der Waals surface area contributed by atoms with E-state index in [-0.39, 0.29) is 0 Å². The zero-order chi connectivity index (χ0) is 14.5. The van der Waals surface area contributed by atoms with Gasteiger partial charge in [0.05, 0.1) is 0 Å². The van der Waals surface area contributed by atoms with Crippen LogP contribution in [0.3, 0.4) is 0 Å². The summed E-state index contributed by atoms with van der Waals surface area (Å²) in [6, 6.07) is 11.1. The molecule has 1 aliphatic heterocycles. The fourth-order valence-electron chi connectivity index (χ4n) is 2.92. The predicted molar refractivity (Wildman–Crippen MR) is 88.4 cm³/mol. The highest BCUT2D eigenvalue weighted by atomic mass is 15.1. The lowest BCUT2D eigenvalue weighted by Crippen LogP contribution is -2.18. The van der Waals surface area contributed by atoms with E-state index in [1.54, 1.807) is 0 Å². The molecule has 0 aliphatic carbocycles. The molecule has 3 heteroatoms. The molecule has 0 bridgehead atoms. The molecule has 0 atom stereocenters. The Hall–Kier alpha value is -1.74. The second kappa shape index (κ2) is 6.81. The van der Waals surface area contributed by atoms with E-state index >= 15 is 0 Å². The van der Waals surface area contributed by atoms with Crippen LogP contribution in [0.4, 0.5) is 5.69 Å². The summed E-state index contributed by atoms with van der Waals surface area (Å²) in [4.78, 5) is 2.54. The Morgan fingerprint density at radius 2 is 1.76 bits per heavy atom. The van der Waals surface area contributed by atoms with E-state index in [1.165, 1.54) is 42.7 Å². The van der Waals surface area contributed by atoms with E-state index in [9.17, 15) is 0 Å². The molecule has 2 heterocycles. The lowest BCUT2D eigenvalue weighted by molar-refractivity contribution is 0.331. The number of nitrogens with one attached hydrogen (secondary N) is 1. The Balaban J connectivity index is 1.51. The normalized spacial score (nSPS) is 15.5. The maximum absolute atomic E-state index is 3.49.